The first-order valence-electron chi connectivity index (χ1n) is 10.4. The van der Waals surface area contributed by atoms with Gasteiger partial charge < -0.3 is 14.2 Å². The normalized spacial score (nSPS) is 20.3. The standard InChI is InChI=1S/C22H30N4O2/c1-3-9-25-16-19(14-21(25)27)26-12-8-23-22(26)17-6-7-20(28-2)18(13-17)15-24-10-4-5-11-24/h6-8,12-13,19H,3-5,9-11,14-16H2,1-2H3. The Morgan fingerprint density at radius 2 is 2.07 bits per heavy atom. The van der Waals surface area contributed by atoms with Crippen molar-refractivity contribution in [2.24, 2.45) is 0 Å². The number of likely N-dealkylation sites (tertiary alicyclic amines) is 2. The van der Waals surface area contributed by atoms with Gasteiger partial charge in [0.15, 0.2) is 0 Å². The van der Waals surface area contributed by atoms with Gasteiger partial charge >= 0.3 is 0 Å². The van der Waals surface area contributed by atoms with Gasteiger partial charge in [-0.05, 0) is 50.6 Å². The molecule has 0 spiro atoms. The van der Waals surface area contributed by atoms with Gasteiger partial charge in [-0.1, -0.05) is 6.92 Å². The number of rotatable bonds is 7. The largest absolute Gasteiger partial charge is 0.496 e. The molecule has 1 amide bonds. The first-order valence-corrected chi connectivity index (χ1v) is 10.4. The van der Waals surface area contributed by atoms with Gasteiger partial charge in [0.25, 0.3) is 0 Å². The lowest BCUT2D eigenvalue weighted by Gasteiger charge is -2.19. The van der Waals surface area contributed by atoms with Crippen LogP contribution in [-0.4, -0.2) is 58.5 Å². The van der Waals surface area contributed by atoms with Crippen LogP contribution in [0.3, 0.4) is 0 Å². The maximum absolute atomic E-state index is 12.3. The number of ether oxygens (including phenoxy) is 1. The highest BCUT2D eigenvalue weighted by molar-refractivity contribution is 5.79. The lowest BCUT2D eigenvalue weighted by atomic mass is 10.1. The Morgan fingerprint density at radius 1 is 1.25 bits per heavy atom. The van der Waals surface area contributed by atoms with E-state index in [9.17, 15) is 4.79 Å². The molecule has 6 nitrogen and oxygen atoms in total. The van der Waals surface area contributed by atoms with E-state index in [1.54, 1.807) is 7.11 Å². The van der Waals surface area contributed by atoms with Crippen molar-refractivity contribution >= 4 is 5.91 Å². The number of amides is 1. The Kier molecular flexibility index (Phi) is 5.67. The highest BCUT2D eigenvalue weighted by Crippen LogP contribution is 2.31. The molecule has 1 aromatic heterocycles. The molecule has 2 fully saturated rings. The molecule has 150 valence electrons. The summed E-state index contributed by atoms with van der Waals surface area (Å²) in [5.74, 6) is 2.11. The van der Waals surface area contributed by atoms with E-state index in [1.807, 2.05) is 23.4 Å². The van der Waals surface area contributed by atoms with Crippen molar-refractivity contribution < 1.29 is 9.53 Å². The molecule has 2 aromatic rings. The van der Waals surface area contributed by atoms with Crippen molar-refractivity contribution in [2.75, 3.05) is 33.3 Å². The number of benzene rings is 1. The fourth-order valence-corrected chi connectivity index (χ4v) is 4.48. The third-order valence-corrected chi connectivity index (χ3v) is 5.88. The van der Waals surface area contributed by atoms with Crippen molar-refractivity contribution in [3.8, 4) is 17.1 Å². The van der Waals surface area contributed by atoms with Gasteiger partial charge in [0.1, 0.15) is 11.6 Å². The molecule has 4 rings (SSSR count). The molecule has 2 aliphatic rings. The third-order valence-electron chi connectivity index (χ3n) is 5.88. The van der Waals surface area contributed by atoms with Crippen LogP contribution in [-0.2, 0) is 11.3 Å². The highest BCUT2D eigenvalue weighted by Gasteiger charge is 2.31. The zero-order chi connectivity index (χ0) is 19.5. The van der Waals surface area contributed by atoms with Crippen molar-refractivity contribution in [2.45, 2.75) is 45.2 Å². The van der Waals surface area contributed by atoms with Crippen LogP contribution in [0.1, 0.15) is 44.2 Å². The summed E-state index contributed by atoms with van der Waals surface area (Å²) >= 11 is 0. The molecule has 6 heteroatoms. The van der Waals surface area contributed by atoms with Crippen LogP contribution in [0.4, 0.5) is 0 Å². The van der Waals surface area contributed by atoms with Gasteiger partial charge in [0.2, 0.25) is 5.91 Å². The van der Waals surface area contributed by atoms with Crippen molar-refractivity contribution in [3.63, 3.8) is 0 Å². The lowest BCUT2D eigenvalue weighted by Crippen LogP contribution is -2.26. The number of imidazole rings is 1. The summed E-state index contributed by atoms with van der Waals surface area (Å²) in [6.07, 6.45) is 7.94. The van der Waals surface area contributed by atoms with Crippen molar-refractivity contribution in [1.29, 1.82) is 0 Å². The van der Waals surface area contributed by atoms with Crippen LogP contribution in [0.5, 0.6) is 5.75 Å². The van der Waals surface area contributed by atoms with Gasteiger partial charge in [-0.15, -0.1) is 0 Å². The molecular weight excluding hydrogens is 352 g/mol. The molecule has 1 unspecified atom stereocenters. The highest BCUT2D eigenvalue weighted by atomic mass is 16.5. The summed E-state index contributed by atoms with van der Waals surface area (Å²) in [4.78, 5) is 21.4. The number of hydrogen-bond donors (Lipinski definition) is 0. The average Bonchev–Trinajstić information content (AvgIpc) is 3.44. The summed E-state index contributed by atoms with van der Waals surface area (Å²) < 4.78 is 7.78. The number of hydrogen-bond acceptors (Lipinski definition) is 4. The molecule has 3 heterocycles. The van der Waals surface area contributed by atoms with E-state index in [2.05, 4.69) is 33.5 Å². The molecule has 0 radical (unpaired) electrons. The minimum atomic E-state index is 0.153. The average molecular weight is 383 g/mol. The molecule has 0 aliphatic carbocycles. The van der Waals surface area contributed by atoms with Crippen LogP contribution < -0.4 is 4.74 Å². The second-order valence-electron chi connectivity index (χ2n) is 7.87. The Bertz CT molecular complexity index is 826. The first-order chi connectivity index (χ1) is 13.7. The Morgan fingerprint density at radius 3 is 2.82 bits per heavy atom. The fourth-order valence-electron chi connectivity index (χ4n) is 4.48. The van der Waals surface area contributed by atoms with Gasteiger partial charge in [0, 0.05) is 49.6 Å². The summed E-state index contributed by atoms with van der Waals surface area (Å²) in [6, 6.07) is 6.48. The molecule has 2 aliphatic heterocycles. The minimum Gasteiger partial charge on any atom is -0.496 e. The third kappa shape index (κ3) is 3.78. The number of carbonyl (C=O) groups excluding carboxylic acids is 1. The molecular formula is C22H30N4O2. The number of aromatic nitrogens is 2. The Balaban J connectivity index is 1.60. The topological polar surface area (TPSA) is 50.6 Å². The monoisotopic (exact) mass is 382 g/mol. The molecule has 1 atom stereocenters. The smallest absolute Gasteiger partial charge is 0.224 e. The predicted octanol–water partition coefficient (Wildman–Crippen LogP) is 3.34. The molecule has 0 bridgehead atoms. The van der Waals surface area contributed by atoms with E-state index in [0.29, 0.717) is 6.42 Å². The van der Waals surface area contributed by atoms with Gasteiger partial charge in [-0.25, -0.2) is 4.98 Å². The number of methoxy groups -OCH3 is 1. The minimum absolute atomic E-state index is 0.153. The zero-order valence-electron chi connectivity index (χ0n) is 16.9. The SMILES string of the molecule is CCCN1CC(n2ccnc2-c2ccc(OC)c(CN3CCCC3)c2)CC1=O. The maximum Gasteiger partial charge on any atom is 0.224 e. The molecule has 1 aromatic carbocycles. The van der Waals surface area contributed by atoms with E-state index in [-0.39, 0.29) is 11.9 Å². The van der Waals surface area contributed by atoms with Gasteiger partial charge in [-0.3, -0.25) is 9.69 Å². The maximum atomic E-state index is 12.3. The number of carbonyl (C=O) groups is 1. The molecule has 28 heavy (non-hydrogen) atoms. The summed E-state index contributed by atoms with van der Waals surface area (Å²) in [5, 5.41) is 0. The van der Waals surface area contributed by atoms with Crippen LogP contribution in [0.15, 0.2) is 30.6 Å². The Labute approximate surface area is 167 Å². The van der Waals surface area contributed by atoms with Crippen molar-refractivity contribution in [1.82, 2.24) is 19.4 Å². The van der Waals surface area contributed by atoms with Gasteiger partial charge in [0.05, 0.1) is 13.2 Å². The summed E-state index contributed by atoms with van der Waals surface area (Å²) in [6.45, 7) is 6.93. The quantitative estimate of drug-likeness (QED) is 0.737. The molecule has 2 saturated heterocycles. The van der Waals surface area contributed by atoms with Gasteiger partial charge in [-0.2, -0.15) is 0 Å². The second kappa shape index (κ2) is 8.35. The van der Waals surface area contributed by atoms with Crippen LogP contribution in [0.2, 0.25) is 0 Å². The number of nitrogens with zero attached hydrogens (tertiary/aromatic N) is 4. The summed E-state index contributed by atoms with van der Waals surface area (Å²) in [7, 11) is 1.73. The fraction of sp³-hybridized carbons (Fsp3) is 0.545. The molecule has 0 N–H and O–H groups in total. The Hall–Kier alpha value is -2.34. The molecule has 0 saturated carbocycles. The summed E-state index contributed by atoms with van der Waals surface area (Å²) in [5.41, 5.74) is 2.29. The predicted molar refractivity (Wildman–Crippen MR) is 109 cm³/mol. The first kappa shape index (κ1) is 19.0. The van der Waals surface area contributed by atoms with Crippen LogP contribution >= 0.6 is 0 Å². The second-order valence-corrected chi connectivity index (χ2v) is 7.87. The van der Waals surface area contributed by atoms with Crippen LogP contribution in [0, 0.1) is 0 Å². The zero-order valence-corrected chi connectivity index (χ0v) is 16.9. The van der Waals surface area contributed by atoms with Crippen molar-refractivity contribution in [3.05, 3.63) is 36.2 Å². The van der Waals surface area contributed by atoms with Crippen LogP contribution in [0.25, 0.3) is 11.4 Å². The van der Waals surface area contributed by atoms with E-state index < -0.39 is 0 Å². The van der Waals surface area contributed by atoms with E-state index >= 15 is 0 Å². The van der Waals surface area contributed by atoms with E-state index in [4.69, 9.17) is 4.74 Å². The lowest BCUT2D eigenvalue weighted by molar-refractivity contribution is -0.127. The van der Waals surface area contributed by atoms with E-state index in [1.165, 1.54) is 18.4 Å². The van der Waals surface area contributed by atoms with E-state index in [0.717, 1.165) is 56.3 Å².